The van der Waals surface area contributed by atoms with Crippen molar-refractivity contribution in [3.05, 3.63) is 49.3 Å². The van der Waals surface area contributed by atoms with Gasteiger partial charge in [-0.25, -0.2) is 10.4 Å². The Balaban J connectivity index is 1.54. The van der Waals surface area contributed by atoms with E-state index in [9.17, 15) is 14.7 Å². The van der Waals surface area contributed by atoms with Crippen molar-refractivity contribution in [1.82, 2.24) is 15.0 Å². The molecule has 4 rings (SSSR count). The molecule has 8 nitrogen and oxygen atoms in total. The van der Waals surface area contributed by atoms with E-state index in [4.69, 9.17) is 4.74 Å². The van der Waals surface area contributed by atoms with Gasteiger partial charge in [0, 0.05) is 4.88 Å². The number of hydrogen-bond acceptors (Lipinski definition) is 7. The second-order valence-electron chi connectivity index (χ2n) is 7.31. The number of hydrogen-bond donors (Lipinski definition) is 2. The van der Waals surface area contributed by atoms with Gasteiger partial charge in [0.25, 0.3) is 11.5 Å². The maximum absolute atomic E-state index is 13.1. The van der Waals surface area contributed by atoms with E-state index in [2.05, 4.69) is 31.4 Å². The average Bonchev–Trinajstić information content (AvgIpc) is 3.15. The number of halogens is 1. The third kappa shape index (κ3) is 4.09. The SMILES string of the molecule is COc1cc(/C=N\NC(=O)[C@@H](C)n2cnc3sc4c(c3c2=O)CCCC4)cc(Br)c1O. The first-order valence-electron chi connectivity index (χ1n) is 9.81. The minimum absolute atomic E-state index is 0.0183. The summed E-state index contributed by atoms with van der Waals surface area (Å²) in [4.78, 5) is 32.1. The number of methoxy groups -OCH3 is 1. The molecule has 0 saturated carbocycles. The Kier molecular flexibility index (Phi) is 6.10. The second kappa shape index (κ2) is 8.80. The molecule has 0 bridgehead atoms. The van der Waals surface area contributed by atoms with Crippen LogP contribution in [0.5, 0.6) is 11.5 Å². The van der Waals surface area contributed by atoms with Crippen LogP contribution < -0.4 is 15.7 Å². The molecule has 1 amide bonds. The number of nitrogens with one attached hydrogen (secondary N) is 1. The summed E-state index contributed by atoms with van der Waals surface area (Å²) >= 11 is 4.82. The highest BCUT2D eigenvalue weighted by Gasteiger charge is 2.23. The molecule has 0 fully saturated rings. The third-order valence-electron chi connectivity index (χ3n) is 5.36. The Hall–Kier alpha value is -2.72. The van der Waals surface area contributed by atoms with Gasteiger partial charge >= 0.3 is 0 Å². The van der Waals surface area contributed by atoms with E-state index in [1.54, 1.807) is 30.4 Å². The van der Waals surface area contributed by atoms with E-state index in [-0.39, 0.29) is 17.1 Å². The van der Waals surface area contributed by atoms with Crippen LogP contribution >= 0.6 is 27.3 Å². The van der Waals surface area contributed by atoms with Gasteiger partial charge in [-0.3, -0.25) is 14.2 Å². The van der Waals surface area contributed by atoms with E-state index in [1.165, 1.54) is 29.1 Å². The summed E-state index contributed by atoms with van der Waals surface area (Å²) in [5.74, 6) is -0.177. The molecular formula is C21H21BrN4O4S. The molecule has 162 valence electrons. The lowest BCUT2D eigenvalue weighted by atomic mass is 9.97. The predicted molar refractivity (Wildman–Crippen MR) is 123 cm³/mol. The molecule has 10 heteroatoms. The summed E-state index contributed by atoms with van der Waals surface area (Å²) in [6.07, 6.45) is 6.93. The molecule has 2 heterocycles. The van der Waals surface area contributed by atoms with Gasteiger partial charge in [0.05, 0.1) is 29.5 Å². The van der Waals surface area contributed by atoms with E-state index in [0.29, 0.717) is 15.4 Å². The van der Waals surface area contributed by atoms with E-state index < -0.39 is 11.9 Å². The topological polar surface area (TPSA) is 106 Å². The molecule has 31 heavy (non-hydrogen) atoms. The van der Waals surface area contributed by atoms with Crippen LogP contribution in [-0.2, 0) is 17.6 Å². The van der Waals surface area contributed by atoms with Gasteiger partial charge in [0.15, 0.2) is 11.5 Å². The number of aromatic nitrogens is 2. The van der Waals surface area contributed by atoms with Crippen molar-refractivity contribution < 1.29 is 14.6 Å². The molecule has 0 spiro atoms. The monoisotopic (exact) mass is 504 g/mol. The standard InChI is InChI=1S/C21H21BrN4O4S/c1-11(19(28)25-24-9-12-7-14(22)18(27)15(8-12)30-2)26-10-23-20-17(21(26)29)13-5-3-4-6-16(13)31-20/h7-11,27H,3-6H2,1-2H3,(H,25,28)/b24-9-/t11-/m1/s1. The van der Waals surface area contributed by atoms with Gasteiger partial charge in [-0.2, -0.15) is 5.10 Å². The Morgan fingerprint density at radius 1 is 1.42 bits per heavy atom. The lowest BCUT2D eigenvalue weighted by Crippen LogP contribution is -2.34. The molecule has 1 aromatic carbocycles. The van der Waals surface area contributed by atoms with E-state index in [0.717, 1.165) is 36.1 Å². The predicted octanol–water partition coefficient (Wildman–Crippen LogP) is 3.52. The second-order valence-corrected chi connectivity index (χ2v) is 9.25. The van der Waals surface area contributed by atoms with Crippen LogP contribution in [0.15, 0.2) is 32.8 Å². The number of thiophene rings is 1. The zero-order chi connectivity index (χ0) is 22.1. The number of carbonyl (C=O) groups is 1. The number of phenolic OH excluding ortho intramolecular Hbond substituents is 1. The Morgan fingerprint density at radius 3 is 2.97 bits per heavy atom. The number of rotatable bonds is 5. The molecular weight excluding hydrogens is 484 g/mol. The summed E-state index contributed by atoms with van der Waals surface area (Å²) in [7, 11) is 1.44. The quantitative estimate of drug-likeness (QED) is 0.408. The summed E-state index contributed by atoms with van der Waals surface area (Å²) in [6, 6.07) is 2.45. The molecule has 2 N–H and O–H groups in total. The first kappa shape index (κ1) is 21.5. The number of amides is 1. The normalized spacial score (nSPS) is 14.5. The smallest absolute Gasteiger partial charge is 0.263 e. The molecule has 2 aromatic heterocycles. The number of aryl methyl sites for hydroxylation is 2. The largest absolute Gasteiger partial charge is 0.503 e. The van der Waals surface area contributed by atoms with Crippen LogP contribution in [0.2, 0.25) is 0 Å². The van der Waals surface area contributed by atoms with E-state index in [1.807, 2.05) is 0 Å². The van der Waals surface area contributed by atoms with Crippen molar-refractivity contribution in [3.63, 3.8) is 0 Å². The molecule has 0 radical (unpaired) electrons. The number of benzene rings is 1. The zero-order valence-electron chi connectivity index (χ0n) is 17.0. The fraction of sp³-hybridized carbons (Fsp3) is 0.333. The van der Waals surface area contributed by atoms with Crippen molar-refractivity contribution in [2.24, 2.45) is 5.10 Å². The molecule has 0 saturated heterocycles. The summed E-state index contributed by atoms with van der Waals surface area (Å²) in [5.41, 5.74) is 3.97. The third-order valence-corrected chi connectivity index (χ3v) is 7.16. The lowest BCUT2D eigenvalue weighted by Gasteiger charge is -2.14. The molecule has 0 aliphatic heterocycles. The number of fused-ring (bicyclic) bond motifs is 3. The molecule has 0 unspecified atom stereocenters. The summed E-state index contributed by atoms with van der Waals surface area (Å²) in [5, 5.41) is 14.5. The number of hydrazone groups is 1. The Labute approximate surface area is 190 Å². The van der Waals surface area contributed by atoms with Gasteiger partial charge in [0.1, 0.15) is 10.9 Å². The number of phenols is 1. The molecule has 3 aromatic rings. The van der Waals surface area contributed by atoms with Gasteiger partial charge in [0.2, 0.25) is 0 Å². The number of aromatic hydroxyl groups is 1. The Bertz CT molecular complexity index is 1250. The molecule has 1 atom stereocenters. The first-order chi connectivity index (χ1) is 14.9. The van der Waals surface area contributed by atoms with Crippen LogP contribution in [-0.4, -0.2) is 33.9 Å². The molecule has 1 aliphatic rings. The summed E-state index contributed by atoms with van der Waals surface area (Å²) in [6.45, 7) is 1.64. The van der Waals surface area contributed by atoms with Gasteiger partial charge in [-0.05, 0) is 71.8 Å². The fourth-order valence-electron chi connectivity index (χ4n) is 3.65. The van der Waals surface area contributed by atoms with Gasteiger partial charge in [-0.1, -0.05) is 0 Å². The Morgan fingerprint density at radius 2 is 2.19 bits per heavy atom. The van der Waals surface area contributed by atoms with Crippen molar-refractivity contribution in [3.8, 4) is 11.5 Å². The highest BCUT2D eigenvalue weighted by molar-refractivity contribution is 9.10. The zero-order valence-corrected chi connectivity index (χ0v) is 19.4. The molecule has 1 aliphatic carbocycles. The van der Waals surface area contributed by atoms with Gasteiger partial charge < -0.3 is 9.84 Å². The maximum atomic E-state index is 13.1. The highest BCUT2D eigenvalue weighted by Crippen LogP contribution is 2.35. The van der Waals surface area contributed by atoms with Crippen LogP contribution in [0.4, 0.5) is 0 Å². The van der Waals surface area contributed by atoms with Crippen LogP contribution in [0.3, 0.4) is 0 Å². The van der Waals surface area contributed by atoms with Crippen LogP contribution in [0, 0.1) is 0 Å². The van der Waals surface area contributed by atoms with Crippen molar-refractivity contribution in [2.45, 2.75) is 38.6 Å². The first-order valence-corrected chi connectivity index (χ1v) is 11.4. The lowest BCUT2D eigenvalue weighted by molar-refractivity contribution is -0.123. The maximum Gasteiger partial charge on any atom is 0.263 e. The van der Waals surface area contributed by atoms with Gasteiger partial charge in [-0.15, -0.1) is 11.3 Å². The fourth-order valence-corrected chi connectivity index (χ4v) is 5.33. The highest BCUT2D eigenvalue weighted by atomic mass is 79.9. The van der Waals surface area contributed by atoms with Crippen molar-refractivity contribution in [1.29, 1.82) is 0 Å². The van der Waals surface area contributed by atoms with E-state index >= 15 is 0 Å². The number of ether oxygens (including phenoxy) is 1. The van der Waals surface area contributed by atoms with Crippen LogP contribution in [0.25, 0.3) is 10.2 Å². The summed E-state index contributed by atoms with van der Waals surface area (Å²) < 4.78 is 6.90. The average molecular weight is 505 g/mol. The number of carbonyl (C=O) groups excluding carboxylic acids is 1. The number of nitrogens with zero attached hydrogens (tertiary/aromatic N) is 3. The van der Waals surface area contributed by atoms with Crippen LogP contribution in [0.1, 0.15) is 41.8 Å². The van der Waals surface area contributed by atoms with Crippen molar-refractivity contribution in [2.75, 3.05) is 7.11 Å². The minimum atomic E-state index is -0.776. The minimum Gasteiger partial charge on any atom is -0.503 e. The van der Waals surface area contributed by atoms with Crippen molar-refractivity contribution >= 4 is 49.6 Å².